The summed E-state index contributed by atoms with van der Waals surface area (Å²) in [5.41, 5.74) is 2.95. The normalized spacial score (nSPS) is 27.6. The molecule has 0 saturated heterocycles. The Bertz CT molecular complexity index is 749. The Morgan fingerprint density at radius 1 is 1.18 bits per heavy atom. The van der Waals surface area contributed by atoms with Gasteiger partial charge in [0.15, 0.2) is 0 Å². The molecule has 1 aromatic rings. The first-order chi connectivity index (χ1) is 12.1. The quantitative estimate of drug-likeness (QED) is 0.717. The molecular weight excluding hydrogens is 373 g/mol. The molecule has 3 rings (SSSR count). The van der Waals surface area contributed by atoms with Crippen molar-refractivity contribution in [3.05, 3.63) is 53.9 Å². The molecule has 0 radical (unpaired) electrons. The minimum atomic E-state index is -2.74. The number of benzene rings is 1. The zero-order chi connectivity index (χ0) is 19.3. The van der Waals surface area contributed by atoms with Gasteiger partial charge in [-0.1, -0.05) is 13.0 Å². The molecule has 0 unspecified atom stereocenters. The van der Waals surface area contributed by atoms with Crippen molar-refractivity contribution in [2.24, 2.45) is 0 Å². The third kappa shape index (κ3) is 2.85. The van der Waals surface area contributed by atoms with Crippen molar-refractivity contribution in [3.8, 4) is 0 Å². The topological polar surface area (TPSA) is 23.8 Å². The van der Waals surface area contributed by atoms with Crippen LogP contribution in [-0.4, -0.2) is 23.7 Å². The summed E-state index contributed by atoms with van der Waals surface area (Å²) < 4.78 is 38.6. The maximum Gasteiger partial charge on any atom is 0.102 e. The van der Waals surface area contributed by atoms with E-state index in [2.05, 4.69) is 10.2 Å². The van der Waals surface area contributed by atoms with E-state index in [9.17, 15) is 0 Å². The Kier molecular flexibility index (Phi) is 3.58. The Labute approximate surface area is 160 Å². The first-order valence-electron chi connectivity index (χ1n) is 9.55. The van der Waals surface area contributed by atoms with Gasteiger partial charge in [0.1, 0.15) is 6.17 Å². The van der Waals surface area contributed by atoms with Crippen LogP contribution in [0.15, 0.2) is 43.0 Å². The van der Waals surface area contributed by atoms with Gasteiger partial charge >= 0.3 is 0 Å². The van der Waals surface area contributed by atoms with E-state index in [1.165, 1.54) is 11.1 Å². The average molecular weight is 401 g/mol. The molecular formula is C17H23CdN4-. The van der Waals surface area contributed by atoms with Crippen LogP contribution in [0.3, 0.4) is 0 Å². The summed E-state index contributed by atoms with van der Waals surface area (Å²) in [6, 6.07) is 5.91. The second kappa shape index (κ2) is 6.93. The number of rotatable bonds is 3. The van der Waals surface area contributed by atoms with Gasteiger partial charge in [0, 0.05) is 64.4 Å². The van der Waals surface area contributed by atoms with Crippen molar-refractivity contribution in [1.82, 2.24) is 4.90 Å². The van der Waals surface area contributed by atoms with Crippen LogP contribution in [0.4, 0.5) is 11.4 Å². The summed E-state index contributed by atoms with van der Waals surface area (Å²) in [5, 5.41) is 4.35. The molecule has 0 spiro atoms. The Morgan fingerprint density at radius 3 is 2.55 bits per heavy atom. The average Bonchev–Trinajstić information content (AvgIpc) is 3.13. The van der Waals surface area contributed by atoms with Crippen LogP contribution in [0.25, 0.3) is 5.32 Å². The molecule has 5 heteroatoms. The van der Waals surface area contributed by atoms with Crippen LogP contribution >= 0.6 is 0 Å². The summed E-state index contributed by atoms with van der Waals surface area (Å²) in [4.78, 5) is 5.21. The molecule has 0 fully saturated rings. The van der Waals surface area contributed by atoms with E-state index in [4.69, 9.17) is 6.85 Å². The van der Waals surface area contributed by atoms with Gasteiger partial charge in [-0.15, -0.1) is 0 Å². The van der Waals surface area contributed by atoms with Crippen molar-refractivity contribution in [1.29, 1.82) is 0 Å². The Morgan fingerprint density at radius 2 is 1.91 bits per heavy atom. The van der Waals surface area contributed by atoms with Gasteiger partial charge in [0.25, 0.3) is 0 Å². The summed E-state index contributed by atoms with van der Waals surface area (Å²) >= 11 is 0. The van der Waals surface area contributed by atoms with E-state index in [0.29, 0.717) is 0 Å². The second-order valence-corrected chi connectivity index (χ2v) is 5.26. The maximum absolute atomic E-state index is 8.04. The number of hydrogen-bond donors (Lipinski definition) is 0. The smallest absolute Gasteiger partial charge is 0.102 e. The molecule has 0 amide bonds. The first kappa shape index (κ1) is 11.4. The number of nitrogens with zero attached hydrogens (tertiary/aromatic N) is 4. The van der Waals surface area contributed by atoms with Crippen molar-refractivity contribution >= 4 is 11.4 Å². The Balaban J connectivity index is 0.00000261. The molecule has 22 heavy (non-hydrogen) atoms. The predicted molar refractivity (Wildman–Crippen MR) is 89.1 cm³/mol. The fraction of sp³-hybridized carbons (Fsp3) is 0.412. The SMILES string of the molecule is [2H]C([2H])([2H])C([2H])([2H])N1C=CN(c2cccc(N3C=C[N-][C@@H]3C)c2C)[C@@H]1C.[Cd]. The fourth-order valence-corrected chi connectivity index (χ4v) is 2.82. The fourth-order valence-electron chi connectivity index (χ4n) is 2.82. The van der Waals surface area contributed by atoms with Gasteiger partial charge < -0.3 is 20.0 Å². The van der Waals surface area contributed by atoms with E-state index in [1.807, 2.05) is 43.1 Å². The van der Waals surface area contributed by atoms with E-state index >= 15 is 0 Å². The van der Waals surface area contributed by atoms with Crippen molar-refractivity contribution in [2.45, 2.75) is 40.0 Å². The predicted octanol–water partition coefficient (Wildman–Crippen LogP) is 3.96. The van der Waals surface area contributed by atoms with Crippen LogP contribution in [0.2, 0.25) is 0 Å². The molecule has 114 valence electrons. The van der Waals surface area contributed by atoms with Gasteiger partial charge in [-0.3, -0.25) is 0 Å². The van der Waals surface area contributed by atoms with Gasteiger partial charge in [-0.2, -0.15) is 6.20 Å². The molecule has 2 aliphatic heterocycles. The molecule has 0 bridgehead atoms. The van der Waals surface area contributed by atoms with Crippen molar-refractivity contribution in [2.75, 3.05) is 16.3 Å². The first-order valence-corrected chi connectivity index (χ1v) is 7.05. The van der Waals surface area contributed by atoms with E-state index in [1.54, 1.807) is 19.3 Å². The molecule has 0 saturated carbocycles. The molecule has 1 aromatic carbocycles. The van der Waals surface area contributed by atoms with Gasteiger partial charge in [0.05, 0.1) is 0 Å². The minimum Gasteiger partial charge on any atom is -0.670 e. The summed E-state index contributed by atoms with van der Waals surface area (Å²) in [6.45, 7) is 0.621. The molecule has 2 heterocycles. The summed E-state index contributed by atoms with van der Waals surface area (Å²) in [6.07, 6.45) is 6.51. The molecule has 0 N–H and O–H groups in total. The monoisotopic (exact) mass is 402 g/mol. The van der Waals surface area contributed by atoms with Gasteiger partial charge in [-0.05, 0) is 50.8 Å². The largest absolute Gasteiger partial charge is 0.670 e. The number of hydrogen-bond acceptors (Lipinski definition) is 3. The molecule has 0 aromatic heterocycles. The van der Waals surface area contributed by atoms with Crippen LogP contribution in [0.1, 0.15) is 33.1 Å². The van der Waals surface area contributed by atoms with E-state index in [-0.39, 0.29) is 33.5 Å². The number of anilines is 2. The summed E-state index contributed by atoms with van der Waals surface area (Å²) in [7, 11) is 0. The van der Waals surface area contributed by atoms with Crippen molar-refractivity contribution in [3.63, 3.8) is 0 Å². The van der Waals surface area contributed by atoms with E-state index in [0.717, 1.165) is 16.9 Å². The van der Waals surface area contributed by atoms with Crippen LogP contribution in [0.5, 0.6) is 0 Å². The Hall–Kier alpha value is -1.18. The van der Waals surface area contributed by atoms with Crippen molar-refractivity contribution < 1.29 is 34.2 Å². The van der Waals surface area contributed by atoms with Gasteiger partial charge in [-0.25, -0.2) is 0 Å². The third-order valence-corrected chi connectivity index (χ3v) is 4.09. The molecule has 0 aliphatic carbocycles. The minimum absolute atomic E-state index is 0. The van der Waals surface area contributed by atoms with Crippen LogP contribution in [-0.2, 0) is 27.3 Å². The maximum atomic E-state index is 8.04. The molecule has 4 nitrogen and oxygen atoms in total. The van der Waals surface area contributed by atoms with Gasteiger partial charge in [0.2, 0.25) is 0 Å². The third-order valence-electron chi connectivity index (χ3n) is 4.09. The zero-order valence-corrected chi connectivity index (χ0v) is 17.2. The van der Waals surface area contributed by atoms with E-state index < -0.39 is 19.5 Å². The zero-order valence-electron chi connectivity index (χ0n) is 18.2. The van der Waals surface area contributed by atoms with Crippen LogP contribution in [0, 0.1) is 6.92 Å². The van der Waals surface area contributed by atoms with Crippen LogP contribution < -0.4 is 9.80 Å². The standard InChI is InChI=1S/C17H23N4.Cd/c1-5-19-11-12-21(15(19)4)17-8-6-7-16(13(17)2)20-10-9-18-14(20)3;/h6-12,14-15H,5H2,1-4H3;/q-1;/t14-,15+;/m0./s1/i1D3,5D2;. The molecule has 2 aliphatic rings. The summed E-state index contributed by atoms with van der Waals surface area (Å²) in [5.74, 6) is 0. The second-order valence-electron chi connectivity index (χ2n) is 5.26. The molecule has 2 atom stereocenters.